The molecule has 2 nitrogen and oxygen atoms in total. The predicted octanol–water partition coefficient (Wildman–Crippen LogP) is 4.08. The van der Waals surface area contributed by atoms with Gasteiger partial charge in [0.1, 0.15) is 0 Å². The van der Waals surface area contributed by atoms with Crippen LogP contribution in [0, 0.1) is 17.5 Å². The highest BCUT2D eigenvalue weighted by molar-refractivity contribution is 5.85. The zero-order chi connectivity index (χ0) is 15.4. The lowest BCUT2D eigenvalue weighted by Crippen LogP contribution is -2.27. The number of ether oxygens (including phenoxy) is 1. The van der Waals surface area contributed by atoms with Crippen LogP contribution < -0.4 is 0 Å². The van der Waals surface area contributed by atoms with E-state index >= 15 is 0 Å². The van der Waals surface area contributed by atoms with E-state index in [-0.39, 0.29) is 17.8 Å². The van der Waals surface area contributed by atoms with E-state index in [9.17, 15) is 18.0 Å². The molecular formula is C16H17F3O2. The molecule has 0 N–H and O–H groups in total. The molecule has 0 radical (unpaired) electrons. The summed E-state index contributed by atoms with van der Waals surface area (Å²) in [5.41, 5.74) is 1.28. The molecule has 0 aliphatic carbocycles. The van der Waals surface area contributed by atoms with Gasteiger partial charge in [0.15, 0.2) is 29.3 Å². The van der Waals surface area contributed by atoms with Crippen LogP contribution in [0.4, 0.5) is 13.2 Å². The summed E-state index contributed by atoms with van der Waals surface area (Å²) in [6.07, 6.45) is 4.16. The molecule has 1 aromatic rings. The Labute approximate surface area is 121 Å². The molecule has 0 amide bonds. The number of hydrogen-bond donors (Lipinski definition) is 0. The van der Waals surface area contributed by atoms with Crippen LogP contribution in [0.1, 0.15) is 38.2 Å². The predicted molar refractivity (Wildman–Crippen MR) is 72.1 cm³/mol. The molecule has 0 fully saturated rings. The molecule has 0 aromatic heterocycles. The Kier molecular flexibility index (Phi) is 5.04. The van der Waals surface area contributed by atoms with Crippen molar-refractivity contribution in [2.45, 2.75) is 45.1 Å². The molecular weight excluding hydrogens is 281 g/mol. The van der Waals surface area contributed by atoms with Gasteiger partial charge in [0.2, 0.25) is 0 Å². The molecule has 0 saturated heterocycles. The zero-order valence-electron chi connectivity index (χ0n) is 11.8. The average molecular weight is 298 g/mol. The number of ketones is 1. The van der Waals surface area contributed by atoms with Gasteiger partial charge in [-0.25, -0.2) is 13.2 Å². The molecule has 0 saturated carbocycles. The first-order valence-electron chi connectivity index (χ1n) is 7.00. The third-order valence-electron chi connectivity index (χ3n) is 3.48. The highest BCUT2D eigenvalue weighted by Gasteiger charge is 2.23. The number of carbonyl (C=O) groups is 1. The standard InChI is InChI=1S/C16H17F3O2/c1-2-3-10-4-5-15(21-9-10)14(20)8-11-6-12(17)16(19)13(18)7-11/h6-7,9,15H,2-5,8H2,1H3. The van der Waals surface area contributed by atoms with Crippen LogP contribution in [-0.4, -0.2) is 11.9 Å². The van der Waals surface area contributed by atoms with Gasteiger partial charge < -0.3 is 4.74 Å². The van der Waals surface area contributed by atoms with Gasteiger partial charge in [0, 0.05) is 6.42 Å². The third-order valence-corrected chi connectivity index (χ3v) is 3.48. The maximum atomic E-state index is 13.1. The molecule has 1 aromatic carbocycles. The normalized spacial score (nSPS) is 18.1. The average Bonchev–Trinajstić information content (AvgIpc) is 2.45. The van der Waals surface area contributed by atoms with Crippen molar-refractivity contribution in [3.63, 3.8) is 0 Å². The van der Waals surface area contributed by atoms with Crippen LogP contribution in [0.2, 0.25) is 0 Å². The molecule has 114 valence electrons. The van der Waals surface area contributed by atoms with Gasteiger partial charge in [-0.15, -0.1) is 0 Å². The number of rotatable bonds is 5. The minimum absolute atomic E-state index is 0.114. The maximum Gasteiger partial charge on any atom is 0.194 e. The van der Waals surface area contributed by atoms with E-state index < -0.39 is 23.6 Å². The maximum absolute atomic E-state index is 13.1. The molecule has 1 aliphatic heterocycles. The van der Waals surface area contributed by atoms with E-state index in [0.717, 1.165) is 31.4 Å². The molecule has 21 heavy (non-hydrogen) atoms. The second kappa shape index (κ2) is 6.78. The van der Waals surface area contributed by atoms with Gasteiger partial charge in [-0.2, -0.15) is 0 Å². The molecule has 1 heterocycles. The number of hydrogen-bond acceptors (Lipinski definition) is 2. The van der Waals surface area contributed by atoms with Crippen molar-refractivity contribution >= 4 is 5.78 Å². The summed E-state index contributed by atoms with van der Waals surface area (Å²) in [5.74, 6) is -4.35. The fourth-order valence-corrected chi connectivity index (χ4v) is 2.39. The van der Waals surface area contributed by atoms with Crippen molar-refractivity contribution in [2.75, 3.05) is 0 Å². The van der Waals surface area contributed by atoms with Crippen LogP contribution in [0.25, 0.3) is 0 Å². The van der Waals surface area contributed by atoms with Gasteiger partial charge in [-0.1, -0.05) is 13.3 Å². The van der Waals surface area contributed by atoms with Crippen molar-refractivity contribution in [3.8, 4) is 0 Å². The SMILES string of the molecule is CCCC1=COC(C(=O)Cc2cc(F)c(F)c(F)c2)CC1. The molecule has 2 rings (SSSR count). The Balaban J connectivity index is 2.00. The Hall–Kier alpha value is -1.78. The minimum atomic E-state index is -1.52. The summed E-state index contributed by atoms with van der Waals surface area (Å²) in [7, 11) is 0. The molecule has 1 unspecified atom stereocenters. The first kappa shape index (κ1) is 15.6. The van der Waals surface area contributed by atoms with Gasteiger partial charge in [0.25, 0.3) is 0 Å². The number of allylic oxidation sites excluding steroid dienone is 1. The molecule has 5 heteroatoms. The van der Waals surface area contributed by atoms with Crippen molar-refractivity contribution in [1.29, 1.82) is 0 Å². The number of Topliss-reactive ketones (excluding diaryl/α,β-unsaturated/α-hetero) is 1. The largest absolute Gasteiger partial charge is 0.490 e. The van der Waals surface area contributed by atoms with Crippen LogP contribution in [0.15, 0.2) is 24.0 Å². The summed E-state index contributed by atoms with van der Waals surface area (Å²) < 4.78 is 44.4. The number of halogens is 3. The lowest BCUT2D eigenvalue weighted by molar-refractivity contribution is -0.127. The van der Waals surface area contributed by atoms with Crippen LogP contribution in [-0.2, 0) is 16.0 Å². The zero-order valence-corrected chi connectivity index (χ0v) is 11.8. The van der Waals surface area contributed by atoms with Crippen molar-refractivity contribution < 1.29 is 22.7 Å². The Morgan fingerprint density at radius 3 is 2.48 bits per heavy atom. The molecule has 1 atom stereocenters. The van der Waals surface area contributed by atoms with Crippen molar-refractivity contribution in [2.24, 2.45) is 0 Å². The topological polar surface area (TPSA) is 26.3 Å². The van der Waals surface area contributed by atoms with Crippen LogP contribution >= 0.6 is 0 Å². The Morgan fingerprint density at radius 2 is 1.95 bits per heavy atom. The van der Waals surface area contributed by atoms with Crippen LogP contribution in [0.5, 0.6) is 0 Å². The smallest absolute Gasteiger partial charge is 0.194 e. The second-order valence-electron chi connectivity index (χ2n) is 5.21. The highest BCUT2D eigenvalue weighted by atomic mass is 19.2. The first-order chi connectivity index (χ1) is 10.0. The van der Waals surface area contributed by atoms with Gasteiger partial charge in [-0.3, -0.25) is 4.79 Å². The van der Waals surface area contributed by atoms with Crippen molar-refractivity contribution in [3.05, 3.63) is 47.0 Å². The number of carbonyl (C=O) groups excluding carboxylic acids is 1. The molecule has 0 spiro atoms. The van der Waals surface area contributed by atoms with E-state index in [1.54, 1.807) is 6.26 Å². The molecule has 0 bridgehead atoms. The van der Waals surface area contributed by atoms with E-state index in [1.807, 2.05) is 0 Å². The minimum Gasteiger partial charge on any atom is -0.490 e. The lowest BCUT2D eigenvalue weighted by atomic mass is 9.97. The summed E-state index contributed by atoms with van der Waals surface area (Å²) in [4.78, 5) is 12.0. The quantitative estimate of drug-likeness (QED) is 0.766. The van der Waals surface area contributed by atoms with E-state index in [1.165, 1.54) is 5.57 Å². The third kappa shape index (κ3) is 3.86. The summed E-state index contributed by atoms with van der Waals surface area (Å²) in [6.45, 7) is 2.07. The van der Waals surface area contributed by atoms with Gasteiger partial charge in [-0.05, 0) is 42.5 Å². The lowest BCUT2D eigenvalue weighted by Gasteiger charge is -2.22. The van der Waals surface area contributed by atoms with Crippen molar-refractivity contribution in [1.82, 2.24) is 0 Å². The van der Waals surface area contributed by atoms with Gasteiger partial charge >= 0.3 is 0 Å². The van der Waals surface area contributed by atoms with Crippen LogP contribution in [0.3, 0.4) is 0 Å². The monoisotopic (exact) mass is 298 g/mol. The van der Waals surface area contributed by atoms with E-state index in [4.69, 9.17) is 4.74 Å². The number of benzene rings is 1. The fraction of sp³-hybridized carbons (Fsp3) is 0.438. The summed E-state index contributed by atoms with van der Waals surface area (Å²) in [5, 5.41) is 0. The summed E-state index contributed by atoms with van der Waals surface area (Å²) in [6, 6.07) is 1.69. The fourth-order valence-electron chi connectivity index (χ4n) is 2.39. The second-order valence-corrected chi connectivity index (χ2v) is 5.21. The highest BCUT2D eigenvalue weighted by Crippen LogP contribution is 2.23. The van der Waals surface area contributed by atoms with Gasteiger partial charge in [0.05, 0.1) is 6.26 Å². The summed E-state index contributed by atoms with van der Waals surface area (Å²) >= 11 is 0. The Bertz CT molecular complexity index is 544. The van der Waals surface area contributed by atoms with E-state index in [0.29, 0.717) is 6.42 Å². The van der Waals surface area contributed by atoms with E-state index in [2.05, 4.69) is 6.92 Å². The Morgan fingerprint density at radius 1 is 1.29 bits per heavy atom. The molecule has 1 aliphatic rings. The first-order valence-corrected chi connectivity index (χ1v) is 7.00.